The molecule has 1 atom stereocenters. The minimum atomic E-state index is -1.18. The second kappa shape index (κ2) is 8.59. The van der Waals surface area contributed by atoms with E-state index >= 15 is 0 Å². The monoisotopic (exact) mass is 326 g/mol. The van der Waals surface area contributed by atoms with Crippen molar-refractivity contribution in [2.75, 3.05) is 27.4 Å². The van der Waals surface area contributed by atoms with Gasteiger partial charge >= 0.3 is 5.97 Å². The summed E-state index contributed by atoms with van der Waals surface area (Å²) in [6, 6.07) is 3.00. The lowest BCUT2D eigenvalue weighted by atomic mass is 10.1. The minimum Gasteiger partial charge on any atom is -0.493 e. The second-order valence-corrected chi connectivity index (χ2v) is 4.35. The van der Waals surface area contributed by atoms with Gasteiger partial charge in [-0.3, -0.25) is 9.59 Å². The maximum absolute atomic E-state index is 12.1. The van der Waals surface area contributed by atoms with Gasteiger partial charge < -0.3 is 30.4 Å². The Labute approximate surface area is 132 Å². The van der Waals surface area contributed by atoms with Crippen LogP contribution >= 0.6 is 0 Å². The van der Waals surface area contributed by atoms with Crippen LogP contribution in [0.1, 0.15) is 10.4 Å². The first-order valence-electron chi connectivity index (χ1n) is 6.51. The number of esters is 1. The zero-order valence-corrected chi connectivity index (χ0v) is 12.7. The van der Waals surface area contributed by atoms with Crippen molar-refractivity contribution in [2.45, 2.75) is 6.04 Å². The lowest BCUT2D eigenvalue weighted by molar-refractivity contribution is -0.143. The highest BCUT2D eigenvalue weighted by molar-refractivity contribution is 5.97. The largest absolute Gasteiger partial charge is 0.493 e. The topological polar surface area (TPSA) is 137 Å². The third-order valence-corrected chi connectivity index (χ3v) is 2.77. The molecule has 9 nitrogen and oxygen atoms in total. The number of hydrogen-bond acceptors (Lipinski definition) is 7. The highest BCUT2D eigenvalue weighted by atomic mass is 16.5. The summed E-state index contributed by atoms with van der Waals surface area (Å²) in [6.45, 7) is -0.938. The molecule has 0 saturated heterocycles. The van der Waals surface area contributed by atoms with E-state index in [4.69, 9.17) is 20.3 Å². The van der Waals surface area contributed by atoms with Crippen LogP contribution in [0.25, 0.3) is 0 Å². The van der Waals surface area contributed by atoms with E-state index in [1.165, 1.54) is 25.3 Å². The van der Waals surface area contributed by atoms with Gasteiger partial charge in [-0.2, -0.15) is 0 Å². The Bertz CT molecular complexity index is 588. The Balaban J connectivity index is 2.89. The Morgan fingerprint density at radius 3 is 2.48 bits per heavy atom. The third-order valence-electron chi connectivity index (χ3n) is 2.77. The van der Waals surface area contributed by atoms with Crippen LogP contribution in [0, 0.1) is 0 Å². The van der Waals surface area contributed by atoms with Gasteiger partial charge in [-0.15, -0.1) is 0 Å². The molecule has 0 radical (unpaired) electrons. The van der Waals surface area contributed by atoms with Gasteiger partial charge in [-0.25, -0.2) is 4.79 Å². The first-order valence-corrected chi connectivity index (χ1v) is 6.51. The molecule has 2 amide bonds. The van der Waals surface area contributed by atoms with Gasteiger partial charge in [0.15, 0.2) is 24.1 Å². The number of nitrogens with two attached hydrogens (primary N) is 1. The molecule has 0 aromatic heterocycles. The predicted molar refractivity (Wildman–Crippen MR) is 78.0 cm³/mol. The molecule has 0 bridgehead atoms. The second-order valence-electron chi connectivity index (χ2n) is 4.35. The number of benzene rings is 1. The van der Waals surface area contributed by atoms with Crippen LogP contribution in [0.3, 0.4) is 0 Å². The molecule has 126 valence electrons. The molecule has 0 aliphatic heterocycles. The van der Waals surface area contributed by atoms with Crippen molar-refractivity contribution in [3.05, 3.63) is 23.8 Å². The molecule has 1 aromatic carbocycles. The van der Waals surface area contributed by atoms with Crippen LogP contribution < -0.4 is 20.5 Å². The van der Waals surface area contributed by atoms with E-state index in [1.54, 1.807) is 0 Å². The SMILES string of the molecule is COC(=O)[C@H](CO)NC(=O)c1ccc(OCC(N)=O)c(OC)c1. The summed E-state index contributed by atoms with van der Waals surface area (Å²) in [5.41, 5.74) is 5.15. The van der Waals surface area contributed by atoms with Crippen LogP contribution in [0.15, 0.2) is 18.2 Å². The molecule has 0 heterocycles. The quantitative estimate of drug-likeness (QED) is 0.511. The van der Waals surface area contributed by atoms with E-state index in [9.17, 15) is 14.4 Å². The maximum atomic E-state index is 12.1. The number of aliphatic hydroxyl groups excluding tert-OH is 1. The molecule has 0 aliphatic carbocycles. The zero-order chi connectivity index (χ0) is 17.4. The van der Waals surface area contributed by atoms with Crippen LogP contribution in [-0.4, -0.2) is 56.4 Å². The fourth-order valence-electron chi connectivity index (χ4n) is 1.64. The van der Waals surface area contributed by atoms with Crippen molar-refractivity contribution in [3.63, 3.8) is 0 Å². The molecule has 23 heavy (non-hydrogen) atoms. The highest BCUT2D eigenvalue weighted by Crippen LogP contribution is 2.28. The van der Waals surface area contributed by atoms with Crippen molar-refractivity contribution in [1.29, 1.82) is 0 Å². The average molecular weight is 326 g/mol. The number of amides is 2. The molecule has 0 saturated carbocycles. The summed E-state index contributed by atoms with van der Waals surface area (Å²) >= 11 is 0. The number of rotatable bonds is 8. The van der Waals surface area contributed by atoms with Crippen LogP contribution in [0.2, 0.25) is 0 Å². The number of primary amides is 1. The fraction of sp³-hybridized carbons (Fsp3) is 0.357. The van der Waals surface area contributed by atoms with E-state index in [0.717, 1.165) is 7.11 Å². The summed E-state index contributed by atoms with van der Waals surface area (Å²) < 4.78 is 14.7. The molecule has 9 heteroatoms. The van der Waals surface area contributed by atoms with Crippen LogP contribution in [-0.2, 0) is 14.3 Å². The lowest BCUT2D eigenvalue weighted by Crippen LogP contribution is -2.44. The first-order chi connectivity index (χ1) is 10.9. The van der Waals surface area contributed by atoms with Crippen molar-refractivity contribution >= 4 is 17.8 Å². The van der Waals surface area contributed by atoms with Crippen molar-refractivity contribution in [3.8, 4) is 11.5 Å². The van der Waals surface area contributed by atoms with Crippen molar-refractivity contribution in [1.82, 2.24) is 5.32 Å². The van der Waals surface area contributed by atoms with E-state index in [2.05, 4.69) is 10.1 Å². The molecule has 0 unspecified atom stereocenters. The smallest absolute Gasteiger partial charge is 0.330 e. The summed E-state index contributed by atoms with van der Waals surface area (Å²) in [5, 5.41) is 11.4. The normalized spacial score (nSPS) is 11.3. The summed E-state index contributed by atoms with van der Waals surface area (Å²) in [6.07, 6.45) is 0. The standard InChI is InChI=1S/C14H18N2O7/c1-21-11-5-8(3-4-10(11)23-7-12(15)18)13(19)16-9(6-17)14(20)22-2/h3-5,9,17H,6-7H2,1-2H3,(H2,15,18)(H,16,19)/t9-/m0/s1. The zero-order valence-electron chi connectivity index (χ0n) is 12.7. The van der Waals surface area contributed by atoms with Gasteiger partial charge in [0.1, 0.15) is 0 Å². The summed E-state index contributed by atoms with van der Waals surface area (Å²) in [5.74, 6) is -1.60. The Hall–Kier alpha value is -2.81. The minimum absolute atomic E-state index is 0.163. The van der Waals surface area contributed by atoms with E-state index in [1.807, 2.05) is 0 Å². The number of hydrogen-bond donors (Lipinski definition) is 3. The molecule has 0 fully saturated rings. The number of aliphatic hydroxyl groups is 1. The molecule has 1 aromatic rings. The summed E-state index contributed by atoms with van der Waals surface area (Å²) in [7, 11) is 2.50. The Kier molecular flexibility index (Phi) is 6.81. The fourth-order valence-corrected chi connectivity index (χ4v) is 1.64. The van der Waals surface area contributed by atoms with Gasteiger partial charge in [0, 0.05) is 5.56 Å². The highest BCUT2D eigenvalue weighted by Gasteiger charge is 2.22. The predicted octanol–water partition coefficient (Wildman–Crippen LogP) is -1.18. The number of carbonyl (C=O) groups is 3. The third kappa shape index (κ3) is 5.15. The van der Waals surface area contributed by atoms with Gasteiger partial charge in [0.05, 0.1) is 20.8 Å². The van der Waals surface area contributed by atoms with Crippen LogP contribution in [0.4, 0.5) is 0 Å². The maximum Gasteiger partial charge on any atom is 0.330 e. The van der Waals surface area contributed by atoms with Gasteiger partial charge in [-0.05, 0) is 18.2 Å². The van der Waals surface area contributed by atoms with Gasteiger partial charge in [0.25, 0.3) is 11.8 Å². The Morgan fingerprint density at radius 1 is 1.26 bits per heavy atom. The van der Waals surface area contributed by atoms with Gasteiger partial charge in [-0.1, -0.05) is 0 Å². The van der Waals surface area contributed by atoms with Crippen LogP contribution in [0.5, 0.6) is 11.5 Å². The molecule has 1 rings (SSSR count). The Morgan fingerprint density at radius 2 is 1.96 bits per heavy atom. The lowest BCUT2D eigenvalue weighted by Gasteiger charge is -2.15. The number of carbonyl (C=O) groups excluding carboxylic acids is 3. The molecule has 0 spiro atoms. The van der Waals surface area contributed by atoms with Gasteiger partial charge in [0.2, 0.25) is 0 Å². The van der Waals surface area contributed by atoms with Crippen molar-refractivity contribution in [2.24, 2.45) is 5.73 Å². The average Bonchev–Trinajstić information content (AvgIpc) is 2.56. The molecular formula is C14H18N2O7. The molecular weight excluding hydrogens is 308 g/mol. The van der Waals surface area contributed by atoms with E-state index < -0.39 is 30.4 Å². The number of ether oxygens (including phenoxy) is 3. The van der Waals surface area contributed by atoms with Crippen molar-refractivity contribution < 1.29 is 33.7 Å². The van der Waals surface area contributed by atoms with E-state index in [0.29, 0.717) is 0 Å². The molecule has 4 N–H and O–H groups in total. The van der Waals surface area contributed by atoms with E-state index in [-0.39, 0.29) is 23.7 Å². The number of methoxy groups -OCH3 is 2. The summed E-state index contributed by atoms with van der Waals surface area (Å²) in [4.78, 5) is 34.1. The molecule has 0 aliphatic rings. The first kappa shape index (κ1) is 18.2. The number of nitrogens with one attached hydrogen (secondary N) is 1.